The van der Waals surface area contributed by atoms with Crippen LogP contribution in [0.4, 0.5) is 0 Å². The summed E-state index contributed by atoms with van der Waals surface area (Å²) in [6.07, 6.45) is 2.35. The van der Waals surface area contributed by atoms with E-state index in [1.54, 1.807) is 31.1 Å². The van der Waals surface area contributed by atoms with Crippen molar-refractivity contribution in [1.29, 1.82) is 0 Å². The average Bonchev–Trinajstić information content (AvgIpc) is 2.27. The van der Waals surface area contributed by atoms with E-state index in [9.17, 15) is 0 Å². The fourth-order valence-corrected chi connectivity index (χ4v) is 5.27. The molecule has 0 saturated heterocycles. The summed E-state index contributed by atoms with van der Waals surface area (Å²) in [4.78, 5) is 0. The van der Waals surface area contributed by atoms with Crippen LogP contribution in [0.25, 0.3) is 6.08 Å². The van der Waals surface area contributed by atoms with Gasteiger partial charge in [-0.25, -0.2) is 0 Å². The van der Waals surface area contributed by atoms with Gasteiger partial charge < -0.3 is 37.2 Å². The predicted molar refractivity (Wildman–Crippen MR) is 41.2 cm³/mol. The summed E-state index contributed by atoms with van der Waals surface area (Å²) >= 11 is 1.75. The second-order valence-electron chi connectivity index (χ2n) is 2.27. The molecule has 1 aromatic rings. The predicted octanol–water partition coefficient (Wildman–Crippen LogP) is -8.38. The van der Waals surface area contributed by atoms with Gasteiger partial charge in [-0.2, -0.15) is 0 Å². The van der Waals surface area contributed by atoms with Gasteiger partial charge in [0, 0.05) is 0 Å². The normalized spacial score (nSPS) is 13.2. The van der Waals surface area contributed by atoms with Crippen molar-refractivity contribution in [3.63, 3.8) is 0 Å². The van der Waals surface area contributed by atoms with Crippen molar-refractivity contribution in [2.75, 3.05) is 0 Å². The van der Waals surface area contributed by atoms with Crippen LogP contribution in [-0.2, 0) is 24.7 Å². The van der Waals surface area contributed by atoms with Crippen molar-refractivity contribution < 1.29 is 61.9 Å². The van der Waals surface area contributed by atoms with Crippen LogP contribution in [0.3, 0.4) is 0 Å². The summed E-state index contributed by atoms with van der Waals surface area (Å²) in [7, 11) is 0. The van der Waals surface area contributed by atoms with Crippen molar-refractivity contribution in [3.05, 3.63) is 31.9 Å². The molecule has 2 rings (SSSR count). The van der Waals surface area contributed by atoms with E-state index in [1.165, 1.54) is 5.56 Å². The topological polar surface area (TPSA) is 0 Å². The Morgan fingerprint density at radius 1 is 1.00 bits per heavy atom. The van der Waals surface area contributed by atoms with Crippen molar-refractivity contribution in [2.24, 2.45) is 0 Å². The van der Waals surface area contributed by atoms with E-state index < -0.39 is 0 Å². The van der Waals surface area contributed by atoms with Crippen molar-refractivity contribution in [3.8, 4) is 0 Å². The first-order valence-corrected chi connectivity index (χ1v) is 6.48. The zero-order valence-electron chi connectivity index (χ0n) is 6.52. The van der Waals surface area contributed by atoms with Crippen LogP contribution >= 0.6 is 0 Å². The van der Waals surface area contributed by atoms with E-state index in [0.29, 0.717) is 0 Å². The number of benzene rings is 1. The number of hydrogen-bond acceptors (Lipinski definition) is 0. The summed E-state index contributed by atoms with van der Waals surface area (Å²) < 4.78 is 3.31. The Bertz CT molecular complexity index is 301. The number of fused-ring (bicyclic) bond motifs is 1. The second kappa shape index (κ2) is 7.55. The van der Waals surface area contributed by atoms with Gasteiger partial charge in [-0.3, -0.25) is 0 Å². The Balaban J connectivity index is 0. The molecule has 1 heterocycles. The van der Waals surface area contributed by atoms with Gasteiger partial charge in [0.1, 0.15) is 0 Å². The summed E-state index contributed by atoms with van der Waals surface area (Å²) in [6, 6.07) is 8.75. The van der Waals surface area contributed by atoms with Gasteiger partial charge in [-0.15, -0.1) is 0 Å². The van der Waals surface area contributed by atoms with Gasteiger partial charge in [0.25, 0.3) is 0 Å². The van der Waals surface area contributed by atoms with Crippen molar-refractivity contribution in [1.82, 2.24) is 0 Å². The zero-order chi connectivity index (χ0) is 6.97. The Kier molecular flexibility index (Phi) is 9.69. The molecule has 1 aliphatic heterocycles. The molecule has 0 aromatic heterocycles. The maximum absolute atomic E-state index is 2.35. The molecule has 1 unspecified atom stereocenters. The number of halogens is 3. The Morgan fingerprint density at radius 2 is 1.62 bits per heavy atom. The zero-order valence-corrected chi connectivity index (χ0v) is 13.3. The second-order valence-corrected chi connectivity index (χ2v) is 8.96. The summed E-state index contributed by atoms with van der Waals surface area (Å²) in [5, 5.41) is 0. The van der Waals surface area contributed by atoms with Gasteiger partial charge >= 0.3 is 82.8 Å². The van der Waals surface area contributed by atoms with E-state index in [-0.39, 0.29) is 53.0 Å². The number of hydrogen-bond donors (Lipinski definition) is 0. The van der Waals surface area contributed by atoms with E-state index in [2.05, 4.69) is 30.3 Å². The van der Waals surface area contributed by atoms with Gasteiger partial charge in [0.15, 0.2) is 0 Å². The SMILES string of the molecule is [Cl-].[Cl-].[Cl-].[Zr+3][C]1=Cc2ccccc2[AsH]1. The van der Waals surface area contributed by atoms with Crippen LogP contribution in [0, 0.1) is 0 Å². The van der Waals surface area contributed by atoms with Crippen molar-refractivity contribution >= 4 is 26.2 Å². The standard InChI is InChI=1S/C8H6As.3ClH.Zr/c1-2-4-8-7(3-1)5-6-9-8;;;;/h1-5,9H;3*1H;/q;;;;+3/p-3. The molecule has 1 aliphatic rings. The van der Waals surface area contributed by atoms with E-state index >= 15 is 0 Å². The fourth-order valence-electron chi connectivity index (χ4n) is 1.07. The summed E-state index contributed by atoms with van der Waals surface area (Å²) in [5.41, 5.74) is 1.48. The molecule has 1 atom stereocenters. The van der Waals surface area contributed by atoms with Crippen LogP contribution in [0.5, 0.6) is 0 Å². The maximum atomic E-state index is 2.35. The molecule has 0 radical (unpaired) electrons. The first kappa shape index (κ1) is 16.7. The van der Waals surface area contributed by atoms with E-state index in [1.807, 2.05) is 0 Å². The van der Waals surface area contributed by atoms with Gasteiger partial charge in [0.05, 0.1) is 0 Å². The van der Waals surface area contributed by atoms with E-state index in [0.717, 1.165) is 0 Å². The van der Waals surface area contributed by atoms with Gasteiger partial charge in [-0.05, 0) is 0 Å². The summed E-state index contributed by atoms with van der Waals surface area (Å²) in [5.74, 6) is 0. The minimum absolute atomic E-state index is 0. The van der Waals surface area contributed by atoms with Crippen LogP contribution in [-0.4, -0.2) is 15.8 Å². The van der Waals surface area contributed by atoms with Crippen LogP contribution < -0.4 is 41.6 Å². The third-order valence-corrected chi connectivity index (χ3v) is 5.87. The van der Waals surface area contributed by atoms with Crippen LogP contribution in [0.15, 0.2) is 26.3 Å². The molecule has 5 heteroatoms. The Labute approximate surface area is 119 Å². The third-order valence-electron chi connectivity index (χ3n) is 1.53. The minimum atomic E-state index is 0. The van der Waals surface area contributed by atoms with Gasteiger partial charge in [-0.1, -0.05) is 0 Å². The molecule has 0 saturated carbocycles. The third kappa shape index (κ3) is 4.10. The molecule has 0 spiro atoms. The molecule has 13 heavy (non-hydrogen) atoms. The monoisotopic (exact) mass is 372 g/mol. The van der Waals surface area contributed by atoms with Crippen LogP contribution in [0.2, 0.25) is 0 Å². The first-order valence-electron chi connectivity index (χ1n) is 3.15. The molecule has 0 N–H and O–H groups in total. The quantitative estimate of drug-likeness (QED) is 0.396. The fraction of sp³-hybridized carbons (Fsp3) is 0. The number of rotatable bonds is 0. The average molecular weight is 375 g/mol. The van der Waals surface area contributed by atoms with Crippen molar-refractivity contribution in [2.45, 2.75) is 0 Å². The molecule has 0 aliphatic carbocycles. The molecule has 0 fully saturated rings. The first-order chi connectivity index (χ1) is 4.86. The molecule has 0 amide bonds. The molecule has 68 valence electrons. The van der Waals surface area contributed by atoms with E-state index in [4.69, 9.17) is 0 Å². The molecule has 1 aromatic carbocycles. The Morgan fingerprint density at radius 3 is 2.23 bits per heavy atom. The Hall–Kier alpha value is 1.27. The van der Waals surface area contributed by atoms with Crippen LogP contribution in [0.1, 0.15) is 5.56 Å². The summed E-state index contributed by atoms with van der Waals surface area (Å²) in [6.45, 7) is 0. The molecule has 0 bridgehead atoms. The molecular formula is C8H6AsCl3Zr. The molecule has 0 nitrogen and oxygen atoms in total. The molecular weight excluding hydrogens is 369 g/mol. The van der Waals surface area contributed by atoms with Gasteiger partial charge in [0.2, 0.25) is 0 Å².